The largest absolute Gasteiger partial charge is 0.501 e. The van der Waals surface area contributed by atoms with Crippen molar-refractivity contribution >= 4 is 14.8 Å². The summed E-state index contributed by atoms with van der Waals surface area (Å²) in [5, 5.41) is 0. The lowest BCUT2D eigenvalue weighted by atomic mass is 10.3. The second-order valence-electron chi connectivity index (χ2n) is 5.58. The van der Waals surface area contributed by atoms with Gasteiger partial charge in [0.05, 0.1) is 46.2 Å². The van der Waals surface area contributed by atoms with Gasteiger partial charge in [-0.25, -0.2) is 4.79 Å². The molecule has 0 spiro atoms. The van der Waals surface area contributed by atoms with Gasteiger partial charge in [-0.2, -0.15) is 0 Å². The molecule has 0 aromatic heterocycles. The Morgan fingerprint density at radius 2 is 1.23 bits per heavy atom. The summed E-state index contributed by atoms with van der Waals surface area (Å²) in [7, 11) is 1.93. The van der Waals surface area contributed by atoms with Gasteiger partial charge in [0, 0.05) is 32.9 Å². The third kappa shape index (κ3) is 12.5. The number of methoxy groups -OCH3 is 3. The molecule has 0 aliphatic carbocycles. The third-order valence-electron chi connectivity index (χ3n) is 3.29. The molecule has 0 aliphatic rings. The van der Waals surface area contributed by atoms with Gasteiger partial charge in [0.25, 0.3) is 0 Å². The van der Waals surface area contributed by atoms with Gasteiger partial charge in [-0.05, 0) is 19.8 Å². The van der Waals surface area contributed by atoms with Crippen LogP contribution < -0.4 is 0 Å². The van der Waals surface area contributed by atoms with E-state index in [2.05, 4.69) is 6.58 Å². The molecule has 0 N–H and O–H groups in total. The molecule has 9 heteroatoms. The molecule has 154 valence electrons. The van der Waals surface area contributed by atoms with E-state index in [1.165, 1.54) is 0 Å². The second kappa shape index (κ2) is 16.4. The maximum Gasteiger partial charge on any atom is 0.501 e. The lowest BCUT2D eigenvalue weighted by Crippen LogP contribution is -2.48. The number of carbonyl (C=O) groups excluding carboxylic acids is 1. The SMILES string of the molecule is C=C(C)C(=O)OCCCC[Si](OCCOC)(OCCOC)OCCOC. The Kier molecular flexibility index (Phi) is 15.9. The molecule has 0 saturated carbocycles. The summed E-state index contributed by atoms with van der Waals surface area (Å²) in [4.78, 5) is 11.4. The highest BCUT2D eigenvalue weighted by atomic mass is 28.4. The first kappa shape index (κ1) is 25.2. The van der Waals surface area contributed by atoms with E-state index in [1.54, 1.807) is 28.3 Å². The summed E-state index contributed by atoms with van der Waals surface area (Å²) in [6.45, 7) is 8.00. The lowest BCUT2D eigenvalue weighted by molar-refractivity contribution is -0.139. The molecule has 0 radical (unpaired) electrons. The maximum absolute atomic E-state index is 11.4. The van der Waals surface area contributed by atoms with Gasteiger partial charge in [-0.3, -0.25) is 0 Å². The predicted octanol–water partition coefficient (Wildman–Crippen LogP) is 1.81. The van der Waals surface area contributed by atoms with Crippen molar-refractivity contribution < 1.29 is 37.0 Å². The van der Waals surface area contributed by atoms with Crippen LogP contribution >= 0.6 is 0 Å². The predicted molar refractivity (Wildman–Crippen MR) is 99.1 cm³/mol. The molecule has 0 aromatic rings. The summed E-state index contributed by atoms with van der Waals surface area (Å²) >= 11 is 0. The Bertz CT molecular complexity index is 351. The topological polar surface area (TPSA) is 81.7 Å². The van der Waals surface area contributed by atoms with Crippen molar-refractivity contribution in [2.75, 3.05) is 67.6 Å². The summed E-state index contributed by atoms with van der Waals surface area (Å²) < 4.78 is 38.2. The number of hydrogen-bond donors (Lipinski definition) is 0. The van der Waals surface area contributed by atoms with Gasteiger partial charge in [-0.1, -0.05) is 6.58 Å². The summed E-state index contributed by atoms with van der Waals surface area (Å²) in [5.41, 5.74) is 0.391. The van der Waals surface area contributed by atoms with E-state index < -0.39 is 8.80 Å². The van der Waals surface area contributed by atoms with Gasteiger partial charge in [0.15, 0.2) is 0 Å². The number of hydrogen-bond acceptors (Lipinski definition) is 8. The molecule has 0 amide bonds. The molecule has 8 nitrogen and oxygen atoms in total. The van der Waals surface area contributed by atoms with E-state index in [1.807, 2.05) is 0 Å². The fourth-order valence-corrected chi connectivity index (χ4v) is 4.46. The quantitative estimate of drug-likeness (QED) is 0.151. The highest BCUT2D eigenvalue weighted by Gasteiger charge is 2.40. The van der Waals surface area contributed by atoms with Crippen molar-refractivity contribution in [3.63, 3.8) is 0 Å². The van der Waals surface area contributed by atoms with E-state index in [0.717, 1.165) is 6.42 Å². The van der Waals surface area contributed by atoms with E-state index in [-0.39, 0.29) is 5.97 Å². The number of unbranched alkanes of at least 4 members (excludes halogenated alkanes) is 1. The fraction of sp³-hybridized carbons (Fsp3) is 0.824. The van der Waals surface area contributed by atoms with Gasteiger partial charge < -0.3 is 32.2 Å². The van der Waals surface area contributed by atoms with Crippen molar-refractivity contribution in [2.24, 2.45) is 0 Å². The molecule has 0 bridgehead atoms. The van der Waals surface area contributed by atoms with Crippen LogP contribution in [0.5, 0.6) is 0 Å². The number of carbonyl (C=O) groups is 1. The van der Waals surface area contributed by atoms with Crippen LogP contribution in [0.25, 0.3) is 0 Å². The number of ether oxygens (including phenoxy) is 4. The van der Waals surface area contributed by atoms with E-state index in [0.29, 0.717) is 64.3 Å². The lowest BCUT2D eigenvalue weighted by Gasteiger charge is -2.29. The molecule has 26 heavy (non-hydrogen) atoms. The molecule has 0 heterocycles. The maximum atomic E-state index is 11.4. The van der Waals surface area contributed by atoms with Crippen LogP contribution in [0.1, 0.15) is 19.8 Å². The van der Waals surface area contributed by atoms with Crippen molar-refractivity contribution in [1.82, 2.24) is 0 Å². The van der Waals surface area contributed by atoms with Gasteiger partial charge in [-0.15, -0.1) is 0 Å². The van der Waals surface area contributed by atoms with Gasteiger partial charge in [0.1, 0.15) is 0 Å². The zero-order chi connectivity index (χ0) is 19.7. The van der Waals surface area contributed by atoms with Crippen molar-refractivity contribution in [1.29, 1.82) is 0 Å². The zero-order valence-electron chi connectivity index (χ0n) is 16.5. The minimum Gasteiger partial charge on any atom is -0.462 e. The molecule has 0 aromatic carbocycles. The van der Waals surface area contributed by atoms with E-state index in [9.17, 15) is 4.79 Å². The minimum atomic E-state index is -2.90. The molecule has 0 fully saturated rings. The van der Waals surface area contributed by atoms with Crippen LogP contribution in [-0.2, 0) is 37.0 Å². The average molecular weight is 395 g/mol. The number of esters is 1. The van der Waals surface area contributed by atoms with Crippen LogP contribution in [0.15, 0.2) is 12.2 Å². The summed E-state index contributed by atoms with van der Waals surface area (Å²) in [6.07, 6.45) is 1.42. The van der Waals surface area contributed by atoms with Gasteiger partial charge >= 0.3 is 14.8 Å². The van der Waals surface area contributed by atoms with Gasteiger partial charge in [0.2, 0.25) is 0 Å². The zero-order valence-corrected chi connectivity index (χ0v) is 17.5. The summed E-state index contributed by atoms with van der Waals surface area (Å²) in [6, 6.07) is 0.606. The molecule has 0 rings (SSSR count). The number of rotatable bonds is 18. The normalized spacial score (nSPS) is 11.5. The van der Waals surface area contributed by atoms with Crippen LogP contribution in [0.4, 0.5) is 0 Å². The molecule has 0 unspecified atom stereocenters. The van der Waals surface area contributed by atoms with Crippen molar-refractivity contribution in [2.45, 2.75) is 25.8 Å². The molecular formula is C17H34O8Si. The molecular weight excluding hydrogens is 360 g/mol. The van der Waals surface area contributed by atoms with E-state index in [4.69, 9.17) is 32.2 Å². The Balaban J connectivity index is 4.60. The summed E-state index contributed by atoms with van der Waals surface area (Å²) in [5.74, 6) is -0.377. The molecule has 0 saturated heterocycles. The monoisotopic (exact) mass is 394 g/mol. The Morgan fingerprint density at radius 3 is 1.62 bits per heavy atom. The van der Waals surface area contributed by atoms with Crippen LogP contribution in [0.3, 0.4) is 0 Å². The Hall–Kier alpha value is -0.813. The standard InChI is InChI=1S/C17H34O8Si/c1-16(2)17(18)22-8-6-7-15-26(23-12-9-19-3,24-13-10-20-4)25-14-11-21-5/h1,6-15H2,2-5H3. The first-order valence-electron chi connectivity index (χ1n) is 8.72. The molecule has 0 atom stereocenters. The van der Waals surface area contributed by atoms with Crippen LogP contribution in [0, 0.1) is 0 Å². The smallest absolute Gasteiger partial charge is 0.462 e. The highest BCUT2D eigenvalue weighted by molar-refractivity contribution is 6.60. The third-order valence-corrected chi connectivity index (χ3v) is 6.18. The van der Waals surface area contributed by atoms with Crippen LogP contribution in [0.2, 0.25) is 6.04 Å². The first-order chi connectivity index (χ1) is 12.5. The highest BCUT2D eigenvalue weighted by Crippen LogP contribution is 2.19. The first-order valence-corrected chi connectivity index (χ1v) is 10.7. The second-order valence-corrected chi connectivity index (χ2v) is 8.31. The Morgan fingerprint density at radius 1 is 0.769 bits per heavy atom. The average Bonchev–Trinajstić information content (AvgIpc) is 2.61. The molecule has 0 aliphatic heterocycles. The fourth-order valence-electron chi connectivity index (χ4n) is 1.91. The minimum absolute atomic E-state index is 0.324. The Labute approximate surface area is 158 Å². The van der Waals surface area contributed by atoms with Crippen molar-refractivity contribution in [3.8, 4) is 0 Å². The van der Waals surface area contributed by atoms with Crippen molar-refractivity contribution in [3.05, 3.63) is 12.2 Å². The van der Waals surface area contributed by atoms with Crippen LogP contribution in [-0.4, -0.2) is 82.4 Å². The van der Waals surface area contributed by atoms with E-state index >= 15 is 0 Å².